The number of Topliss-reactive ketones (excluding diaryl/α,β-unsaturated/α-hetero) is 1. The third-order valence-electron chi connectivity index (χ3n) is 3.15. The van der Waals surface area contributed by atoms with E-state index in [1.807, 2.05) is 0 Å². The molecule has 6 heteroatoms. The van der Waals surface area contributed by atoms with Crippen molar-refractivity contribution < 1.29 is 19.1 Å². The van der Waals surface area contributed by atoms with Crippen molar-refractivity contribution in [3.8, 4) is 17.6 Å². The minimum Gasteiger partial charge on any atom is -0.493 e. The molecule has 1 amide bonds. The minimum atomic E-state index is -1.36. The number of nitriles is 1. The quantitative estimate of drug-likeness (QED) is 0.832. The fourth-order valence-electron chi connectivity index (χ4n) is 2.05. The Bertz CT molecular complexity index is 658. The van der Waals surface area contributed by atoms with Crippen LogP contribution in [0.3, 0.4) is 0 Å². The number of benzene rings is 1. The summed E-state index contributed by atoms with van der Waals surface area (Å²) >= 11 is 0. The van der Waals surface area contributed by atoms with E-state index in [0.717, 1.165) is 0 Å². The van der Waals surface area contributed by atoms with Crippen molar-refractivity contribution in [1.29, 1.82) is 5.26 Å². The maximum absolute atomic E-state index is 12.2. The van der Waals surface area contributed by atoms with Crippen LogP contribution in [0, 0.1) is 17.2 Å². The van der Waals surface area contributed by atoms with Gasteiger partial charge in [0.15, 0.2) is 23.2 Å². The van der Waals surface area contributed by atoms with Crippen molar-refractivity contribution in [3.05, 3.63) is 29.3 Å². The van der Waals surface area contributed by atoms with Gasteiger partial charge in [0.1, 0.15) is 6.61 Å². The van der Waals surface area contributed by atoms with E-state index in [4.69, 9.17) is 14.7 Å². The van der Waals surface area contributed by atoms with Crippen molar-refractivity contribution in [1.82, 2.24) is 5.32 Å². The number of nitrogens with one attached hydrogen (secondary N) is 1. The Hall–Kier alpha value is -2.81. The molecule has 1 aliphatic heterocycles. The molecule has 0 saturated heterocycles. The van der Waals surface area contributed by atoms with E-state index >= 15 is 0 Å². The second kappa shape index (κ2) is 6.09. The Labute approximate surface area is 122 Å². The van der Waals surface area contributed by atoms with Crippen LogP contribution in [0.2, 0.25) is 0 Å². The summed E-state index contributed by atoms with van der Waals surface area (Å²) in [7, 11) is 2.91. The summed E-state index contributed by atoms with van der Waals surface area (Å²) in [5.41, 5.74) is 0.962. The van der Waals surface area contributed by atoms with Crippen molar-refractivity contribution in [2.45, 2.75) is 0 Å². The van der Waals surface area contributed by atoms with Gasteiger partial charge in [-0.05, 0) is 12.1 Å². The first-order chi connectivity index (χ1) is 10.1. The number of ketones is 1. The number of hydrogen-bond donors (Lipinski definition) is 1. The highest BCUT2D eigenvalue weighted by Crippen LogP contribution is 2.35. The average Bonchev–Trinajstić information content (AvgIpc) is 2.53. The molecule has 0 radical (unpaired) electrons. The molecule has 0 aromatic heterocycles. The summed E-state index contributed by atoms with van der Waals surface area (Å²) in [4.78, 5) is 23.8. The lowest BCUT2D eigenvalue weighted by Gasteiger charge is -2.20. The number of fused-ring (bicyclic) bond motifs is 1. The number of carbonyl (C=O) groups excluding carboxylic acids is 2. The molecule has 0 spiro atoms. The fraction of sp³-hybridized carbons (Fsp3) is 0.267. The molecule has 0 bridgehead atoms. The van der Waals surface area contributed by atoms with E-state index < -0.39 is 17.6 Å². The van der Waals surface area contributed by atoms with Crippen LogP contribution in [-0.4, -0.2) is 32.5 Å². The Morgan fingerprint density at radius 3 is 2.86 bits per heavy atom. The number of carbonyl (C=O) groups is 2. The van der Waals surface area contributed by atoms with E-state index in [2.05, 4.69) is 5.32 Å². The number of ether oxygens (including phenoxy) is 2. The number of methoxy groups -OCH3 is 1. The molecule has 1 aromatic rings. The van der Waals surface area contributed by atoms with Gasteiger partial charge in [-0.1, -0.05) is 12.1 Å². The van der Waals surface area contributed by atoms with Crippen LogP contribution in [0.25, 0.3) is 6.08 Å². The van der Waals surface area contributed by atoms with E-state index in [1.165, 1.54) is 14.2 Å². The first-order valence-electron chi connectivity index (χ1n) is 6.28. The van der Waals surface area contributed by atoms with Gasteiger partial charge in [0.05, 0.1) is 13.2 Å². The summed E-state index contributed by atoms with van der Waals surface area (Å²) < 4.78 is 10.7. The Balaban J connectivity index is 2.34. The Kier molecular flexibility index (Phi) is 4.24. The van der Waals surface area contributed by atoms with Crippen molar-refractivity contribution >= 4 is 17.8 Å². The van der Waals surface area contributed by atoms with Gasteiger partial charge >= 0.3 is 0 Å². The standard InChI is InChI=1S/C15H14N2O4/c1-17-15(19)11(7-16)13(18)10-6-9-4-3-5-12(20-2)14(9)21-8-10/h3-6,11H,8H2,1-2H3,(H,17,19)/t11-/m1/s1. The van der Waals surface area contributed by atoms with Crippen molar-refractivity contribution in [2.24, 2.45) is 5.92 Å². The van der Waals surface area contributed by atoms with Gasteiger partial charge < -0.3 is 14.8 Å². The second-order valence-electron chi connectivity index (χ2n) is 4.38. The first kappa shape index (κ1) is 14.6. The summed E-state index contributed by atoms with van der Waals surface area (Å²) in [6.07, 6.45) is 1.62. The first-order valence-corrected chi connectivity index (χ1v) is 6.28. The van der Waals surface area contributed by atoms with Crippen LogP contribution in [-0.2, 0) is 9.59 Å². The topological polar surface area (TPSA) is 88.4 Å². The molecule has 1 heterocycles. The van der Waals surface area contributed by atoms with E-state index in [1.54, 1.807) is 30.3 Å². The minimum absolute atomic E-state index is 0.00137. The van der Waals surface area contributed by atoms with E-state index in [-0.39, 0.29) is 12.2 Å². The molecule has 2 rings (SSSR count). The fourth-order valence-corrected chi connectivity index (χ4v) is 2.05. The lowest BCUT2D eigenvalue weighted by molar-refractivity contribution is -0.129. The molecule has 108 valence electrons. The van der Waals surface area contributed by atoms with Gasteiger partial charge in [-0.15, -0.1) is 0 Å². The third kappa shape index (κ3) is 2.72. The van der Waals surface area contributed by atoms with Gasteiger partial charge in [0.2, 0.25) is 5.91 Å². The maximum Gasteiger partial charge on any atom is 0.245 e. The number of nitrogens with zero attached hydrogens (tertiary/aromatic N) is 1. The molecule has 0 aliphatic carbocycles. The van der Waals surface area contributed by atoms with Crippen LogP contribution in [0.5, 0.6) is 11.5 Å². The lowest BCUT2D eigenvalue weighted by Crippen LogP contribution is -2.34. The molecule has 0 unspecified atom stereocenters. The molecule has 6 nitrogen and oxygen atoms in total. The summed E-state index contributed by atoms with van der Waals surface area (Å²) in [6.45, 7) is 0.00137. The zero-order valence-electron chi connectivity index (χ0n) is 11.7. The maximum atomic E-state index is 12.2. The van der Waals surface area contributed by atoms with Crippen molar-refractivity contribution in [3.63, 3.8) is 0 Å². The van der Waals surface area contributed by atoms with E-state index in [9.17, 15) is 9.59 Å². The SMILES string of the molecule is CNC(=O)[C@H](C#N)C(=O)C1=Cc2cccc(OC)c2OC1. The highest BCUT2D eigenvalue weighted by Gasteiger charge is 2.30. The van der Waals surface area contributed by atoms with Crippen LogP contribution >= 0.6 is 0 Å². The molecule has 1 aromatic carbocycles. The average molecular weight is 286 g/mol. The summed E-state index contributed by atoms with van der Waals surface area (Å²) in [6, 6.07) is 7.00. The zero-order valence-corrected chi connectivity index (χ0v) is 11.7. The highest BCUT2D eigenvalue weighted by molar-refractivity contribution is 6.14. The molecule has 1 N–H and O–H groups in total. The Morgan fingerprint density at radius 2 is 2.24 bits per heavy atom. The molecule has 1 aliphatic rings. The summed E-state index contributed by atoms with van der Waals surface area (Å²) in [5, 5.41) is 11.3. The molecular formula is C15H14N2O4. The van der Waals surface area contributed by atoms with Gasteiger partial charge in [-0.3, -0.25) is 9.59 Å². The predicted molar refractivity (Wildman–Crippen MR) is 74.6 cm³/mol. The third-order valence-corrected chi connectivity index (χ3v) is 3.15. The summed E-state index contributed by atoms with van der Waals surface area (Å²) in [5.74, 6) is -1.43. The number of amides is 1. The lowest BCUT2D eigenvalue weighted by atomic mass is 9.95. The van der Waals surface area contributed by atoms with Crippen LogP contribution in [0.15, 0.2) is 23.8 Å². The van der Waals surface area contributed by atoms with E-state index in [0.29, 0.717) is 17.1 Å². The molecule has 0 fully saturated rings. The van der Waals surface area contributed by atoms with Crippen LogP contribution in [0.4, 0.5) is 0 Å². The highest BCUT2D eigenvalue weighted by atomic mass is 16.5. The number of rotatable bonds is 4. The van der Waals surface area contributed by atoms with Gasteiger partial charge in [-0.2, -0.15) is 5.26 Å². The zero-order chi connectivity index (χ0) is 15.4. The Morgan fingerprint density at radius 1 is 1.48 bits per heavy atom. The largest absolute Gasteiger partial charge is 0.493 e. The number of hydrogen-bond acceptors (Lipinski definition) is 5. The number of para-hydroxylation sites is 1. The molecular weight excluding hydrogens is 272 g/mol. The smallest absolute Gasteiger partial charge is 0.245 e. The molecule has 21 heavy (non-hydrogen) atoms. The van der Waals surface area contributed by atoms with Gasteiger partial charge in [0.25, 0.3) is 0 Å². The monoisotopic (exact) mass is 286 g/mol. The molecule has 0 saturated carbocycles. The van der Waals surface area contributed by atoms with Crippen LogP contribution in [0.1, 0.15) is 5.56 Å². The van der Waals surface area contributed by atoms with Gasteiger partial charge in [-0.25, -0.2) is 0 Å². The van der Waals surface area contributed by atoms with Gasteiger partial charge in [0, 0.05) is 18.2 Å². The normalized spacial score (nSPS) is 13.9. The predicted octanol–water partition coefficient (Wildman–Crippen LogP) is 0.926. The van der Waals surface area contributed by atoms with Crippen molar-refractivity contribution in [2.75, 3.05) is 20.8 Å². The van der Waals surface area contributed by atoms with Crippen LogP contribution < -0.4 is 14.8 Å². The second-order valence-corrected chi connectivity index (χ2v) is 4.38. The molecule has 1 atom stereocenters.